The second-order valence-electron chi connectivity index (χ2n) is 4.59. The molecule has 2 aromatic heterocycles. The van der Waals surface area contributed by atoms with Crippen LogP contribution < -0.4 is 5.32 Å². The molecular weight excluding hydrogens is 286 g/mol. The highest BCUT2D eigenvalue weighted by Crippen LogP contribution is 2.20. The molecule has 0 atom stereocenters. The third-order valence-corrected chi connectivity index (χ3v) is 4.10. The molecule has 21 heavy (non-hydrogen) atoms. The van der Waals surface area contributed by atoms with Crippen LogP contribution in [0.4, 0.5) is 5.69 Å². The smallest absolute Gasteiger partial charge is 0.339 e. The minimum atomic E-state index is -0.344. The molecule has 2 heterocycles. The molecule has 0 fully saturated rings. The summed E-state index contributed by atoms with van der Waals surface area (Å²) in [7, 11) is 1.38. The molecule has 5 nitrogen and oxygen atoms in total. The molecular formula is C15H15N3O2S. The Balaban J connectivity index is 1.87. The van der Waals surface area contributed by atoms with Crippen LogP contribution in [0.5, 0.6) is 0 Å². The van der Waals surface area contributed by atoms with Crippen LogP contribution in [-0.2, 0) is 11.3 Å². The summed E-state index contributed by atoms with van der Waals surface area (Å²) < 4.78 is 6.86. The van der Waals surface area contributed by atoms with Gasteiger partial charge in [0.15, 0.2) is 4.96 Å². The van der Waals surface area contributed by atoms with E-state index in [-0.39, 0.29) is 5.97 Å². The van der Waals surface area contributed by atoms with Crippen LogP contribution >= 0.6 is 11.3 Å². The van der Waals surface area contributed by atoms with Crippen molar-refractivity contribution in [2.75, 3.05) is 12.4 Å². The van der Waals surface area contributed by atoms with Gasteiger partial charge in [0.1, 0.15) is 0 Å². The summed E-state index contributed by atoms with van der Waals surface area (Å²) in [6.45, 7) is 2.58. The fraction of sp³-hybridized carbons (Fsp3) is 0.200. The number of methoxy groups -OCH3 is 1. The van der Waals surface area contributed by atoms with Crippen molar-refractivity contribution < 1.29 is 9.53 Å². The van der Waals surface area contributed by atoms with Gasteiger partial charge in [0.05, 0.1) is 30.6 Å². The van der Waals surface area contributed by atoms with E-state index in [2.05, 4.69) is 14.7 Å². The lowest BCUT2D eigenvalue weighted by Crippen LogP contribution is -2.09. The lowest BCUT2D eigenvalue weighted by molar-refractivity contribution is 0.0602. The van der Waals surface area contributed by atoms with Crippen molar-refractivity contribution in [3.05, 3.63) is 52.8 Å². The van der Waals surface area contributed by atoms with E-state index in [9.17, 15) is 4.79 Å². The highest BCUT2D eigenvalue weighted by molar-refractivity contribution is 7.15. The number of rotatable bonds is 4. The Morgan fingerprint density at radius 3 is 3.05 bits per heavy atom. The number of nitrogens with zero attached hydrogens (tertiary/aromatic N) is 2. The van der Waals surface area contributed by atoms with Gasteiger partial charge in [-0.2, -0.15) is 0 Å². The fourth-order valence-corrected chi connectivity index (χ4v) is 3.04. The Labute approximate surface area is 126 Å². The molecule has 0 spiro atoms. The highest BCUT2D eigenvalue weighted by Gasteiger charge is 2.13. The zero-order valence-corrected chi connectivity index (χ0v) is 12.6. The maximum atomic E-state index is 11.8. The number of ether oxygens (including phenoxy) is 1. The number of fused-ring (bicyclic) bond motifs is 1. The van der Waals surface area contributed by atoms with Gasteiger partial charge in [-0.15, -0.1) is 11.3 Å². The van der Waals surface area contributed by atoms with E-state index in [0.717, 1.165) is 22.0 Å². The summed E-state index contributed by atoms with van der Waals surface area (Å²) in [6.07, 6.45) is 2.00. The Morgan fingerprint density at radius 2 is 2.24 bits per heavy atom. The van der Waals surface area contributed by atoms with E-state index >= 15 is 0 Å². The van der Waals surface area contributed by atoms with E-state index in [0.29, 0.717) is 12.1 Å². The van der Waals surface area contributed by atoms with Gasteiger partial charge < -0.3 is 10.1 Å². The number of imidazole rings is 1. The molecule has 0 amide bonds. The van der Waals surface area contributed by atoms with Gasteiger partial charge in [-0.1, -0.05) is 12.1 Å². The number of hydrogen-bond donors (Lipinski definition) is 1. The molecule has 3 rings (SSSR count). The summed E-state index contributed by atoms with van der Waals surface area (Å²) >= 11 is 1.61. The summed E-state index contributed by atoms with van der Waals surface area (Å²) in [5.74, 6) is -0.344. The van der Waals surface area contributed by atoms with Crippen molar-refractivity contribution in [3.63, 3.8) is 0 Å². The molecule has 108 valence electrons. The lowest BCUT2D eigenvalue weighted by Gasteiger charge is -2.10. The molecule has 0 saturated carbocycles. The van der Waals surface area contributed by atoms with Crippen molar-refractivity contribution in [2.45, 2.75) is 13.5 Å². The average Bonchev–Trinajstić information content (AvgIpc) is 3.05. The van der Waals surface area contributed by atoms with Crippen LogP contribution in [0, 0.1) is 6.92 Å². The van der Waals surface area contributed by atoms with Gasteiger partial charge >= 0.3 is 5.97 Å². The van der Waals surface area contributed by atoms with Gasteiger partial charge in [0, 0.05) is 17.3 Å². The normalized spacial score (nSPS) is 10.8. The molecule has 0 unspecified atom stereocenters. The molecule has 0 bridgehead atoms. The molecule has 0 saturated heterocycles. The van der Waals surface area contributed by atoms with Crippen LogP contribution in [0.3, 0.4) is 0 Å². The maximum absolute atomic E-state index is 11.8. The SMILES string of the molecule is COC(=O)c1ccccc1NCc1c(C)nc2sccn12. The number of benzene rings is 1. The van der Waals surface area contributed by atoms with Gasteiger partial charge in [0.25, 0.3) is 0 Å². The molecule has 0 radical (unpaired) electrons. The summed E-state index contributed by atoms with van der Waals surface area (Å²) in [4.78, 5) is 17.2. The number of anilines is 1. The Kier molecular flexibility index (Phi) is 3.62. The number of thiazole rings is 1. The van der Waals surface area contributed by atoms with Gasteiger partial charge in [-0.3, -0.25) is 4.40 Å². The van der Waals surface area contributed by atoms with Gasteiger partial charge in [0.2, 0.25) is 0 Å². The summed E-state index contributed by atoms with van der Waals surface area (Å²) in [5.41, 5.74) is 3.37. The van der Waals surface area contributed by atoms with Crippen molar-refractivity contribution >= 4 is 28.0 Å². The van der Waals surface area contributed by atoms with E-state index < -0.39 is 0 Å². The fourth-order valence-electron chi connectivity index (χ4n) is 2.26. The maximum Gasteiger partial charge on any atom is 0.339 e. The third kappa shape index (κ3) is 2.50. The van der Waals surface area contributed by atoms with E-state index in [1.54, 1.807) is 17.4 Å². The zero-order chi connectivity index (χ0) is 14.8. The number of nitrogens with one attached hydrogen (secondary N) is 1. The molecule has 0 aliphatic heterocycles. The van der Waals surface area contributed by atoms with E-state index in [1.165, 1.54) is 7.11 Å². The lowest BCUT2D eigenvalue weighted by atomic mass is 10.1. The Bertz CT molecular complexity index is 791. The molecule has 3 aromatic rings. The predicted octanol–water partition coefficient (Wildman–Crippen LogP) is 3.10. The van der Waals surface area contributed by atoms with Crippen LogP contribution in [-0.4, -0.2) is 22.5 Å². The van der Waals surface area contributed by atoms with Crippen molar-refractivity contribution in [2.24, 2.45) is 0 Å². The largest absolute Gasteiger partial charge is 0.465 e. The molecule has 1 N–H and O–H groups in total. The minimum Gasteiger partial charge on any atom is -0.465 e. The van der Waals surface area contributed by atoms with Crippen molar-refractivity contribution in [3.8, 4) is 0 Å². The molecule has 0 aliphatic rings. The quantitative estimate of drug-likeness (QED) is 0.752. The zero-order valence-electron chi connectivity index (χ0n) is 11.8. The third-order valence-electron chi connectivity index (χ3n) is 3.34. The molecule has 6 heteroatoms. The average molecular weight is 301 g/mol. The van der Waals surface area contributed by atoms with E-state index in [4.69, 9.17) is 4.74 Å². The van der Waals surface area contributed by atoms with Crippen LogP contribution in [0.25, 0.3) is 4.96 Å². The highest BCUT2D eigenvalue weighted by atomic mass is 32.1. The number of esters is 1. The second-order valence-corrected chi connectivity index (χ2v) is 5.46. The van der Waals surface area contributed by atoms with Crippen molar-refractivity contribution in [1.82, 2.24) is 9.38 Å². The molecule has 1 aromatic carbocycles. The number of hydrogen-bond acceptors (Lipinski definition) is 5. The number of aromatic nitrogens is 2. The summed E-state index contributed by atoms with van der Waals surface area (Å²) in [5, 5.41) is 5.30. The molecule has 0 aliphatic carbocycles. The van der Waals surface area contributed by atoms with Crippen LogP contribution in [0.2, 0.25) is 0 Å². The van der Waals surface area contributed by atoms with Crippen LogP contribution in [0.1, 0.15) is 21.7 Å². The number of carbonyl (C=O) groups excluding carboxylic acids is 1. The Hall–Kier alpha value is -2.34. The standard InChI is InChI=1S/C15H15N3O2S/c1-10-13(18-7-8-21-15(18)17-10)9-16-12-6-4-3-5-11(12)14(19)20-2/h3-8,16H,9H2,1-2H3. The second kappa shape index (κ2) is 5.57. The minimum absolute atomic E-state index is 0.344. The first kappa shape index (κ1) is 13.6. The first-order valence-electron chi connectivity index (χ1n) is 6.53. The van der Waals surface area contributed by atoms with E-state index in [1.807, 2.05) is 36.7 Å². The first-order chi connectivity index (χ1) is 10.2. The number of aryl methyl sites for hydroxylation is 1. The van der Waals surface area contributed by atoms with Crippen molar-refractivity contribution in [1.29, 1.82) is 0 Å². The van der Waals surface area contributed by atoms with Gasteiger partial charge in [-0.05, 0) is 19.1 Å². The van der Waals surface area contributed by atoms with Crippen LogP contribution in [0.15, 0.2) is 35.8 Å². The topological polar surface area (TPSA) is 55.6 Å². The number of carbonyl (C=O) groups is 1. The Morgan fingerprint density at radius 1 is 1.43 bits per heavy atom. The summed E-state index contributed by atoms with van der Waals surface area (Å²) in [6, 6.07) is 7.32. The van der Waals surface area contributed by atoms with Gasteiger partial charge in [-0.25, -0.2) is 9.78 Å². The predicted molar refractivity (Wildman–Crippen MR) is 82.9 cm³/mol. The monoisotopic (exact) mass is 301 g/mol. The first-order valence-corrected chi connectivity index (χ1v) is 7.41. The number of para-hydroxylation sites is 1.